The van der Waals surface area contributed by atoms with Gasteiger partial charge in [-0.15, -0.1) is 0 Å². The molecule has 0 spiro atoms. The fraction of sp³-hybridized carbons (Fsp3) is 0.800. The van der Waals surface area contributed by atoms with Crippen LogP contribution in [0, 0.1) is 0 Å². The normalized spacial score (nSPS) is 11.3. The summed E-state index contributed by atoms with van der Waals surface area (Å²) in [6, 6.07) is 0. The highest BCUT2D eigenvalue weighted by molar-refractivity contribution is 5.25. The third-order valence-corrected chi connectivity index (χ3v) is 1.01. The van der Waals surface area contributed by atoms with E-state index >= 15 is 0 Å². The second-order valence-electron chi connectivity index (χ2n) is 1.97. The summed E-state index contributed by atoms with van der Waals surface area (Å²) in [5, 5.41) is 2.96. The lowest BCUT2D eigenvalue weighted by Crippen LogP contribution is -2.33. The van der Waals surface area contributed by atoms with Gasteiger partial charge in [0.2, 0.25) is 0 Å². The van der Waals surface area contributed by atoms with Gasteiger partial charge in [0.1, 0.15) is 5.66 Å². The fourth-order valence-corrected chi connectivity index (χ4v) is 0.0791. The lowest BCUT2D eigenvalue weighted by molar-refractivity contribution is 0.450. The van der Waals surface area contributed by atoms with Crippen LogP contribution >= 0.6 is 0 Å². The van der Waals surface area contributed by atoms with Crippen molar-refractivity contribution in [3.05, 3.63) is 0 Å². The first-order valence-corrected chi connectivity index (χ1v) is 2.29. The van der Waals surface area contributed by atoms with Crippen LogP contribution in [0.15, 0.2) is 4.99 Å². The van der Waals surface area contributed by atoms with Gasteiger partial charge in [0.25, 0.3) is 0 Å². The Morgan fingerprint density at radius 3 is 2.00 bits per heavy atom. The monoisotopic (exact) mass is 100 g/mol. The molecule has 0 aliphatic rings. The molecule has 0 heterocycles. The lowest BCUT2D eigenvalue weighted by atomic mass is 10.3. The molecule has 7 heavy (non-hydrogen) atoms. The number of hydrogen-bond acceptors (Lipinski definition) is 2. The summed E-state index contributed by atoms with van der Waals surface area (Å²) in [5.41, 5.74) is -0.153. The smallest absolute Gasteiger partial charge is 0.104 e. The van der Waals surface area contributed by atoms with Crippen LogP contribution in [0.4, 0.5) is 0 Å². The molecule has 0 aromatic rings. The molecule has 0 fully saturated rings. The zero-order chi connectivity index (χ0) is 5.91. The van der Waals surface area contributed by atoms with Crippen molar-refractivity contribution in [2.75, 3.05) is 7.05 Å². The van der Waals surface area contributed by atoms with E-state index in [4.69, 9.17) is 0 Å². The third-order valence-electron chi connectivity index (χ3n) is 1.01. The maximum absolute atomic E-state index is 3.78. The summed E-state index contributed by atoms with van der Waals surface area (Å²) < 4.78 is 0. The van der Waals surface area contributed by atoms with E-state index in [1.807, 2.05) is 20.9 Å². The third kappa shape index (κ3) is 2.34. The van der Waals surface area contributed by atoms with E-state index in [0.29, 0.717) is 0 Å². The first kappa shape index (κ1) is 6.63. The summed E-state index contributed by atoms with van der Waals surface area (Å²) in [7, 11) is 1.86. The largest absolute Gasteiger partial charge is 0.297 e. The van der Waals surface area contributed by atoms with Gasteiger partial charge in [-0.3, -0.25) is 10.3 Å². The minimum absolute atomic E-state index is 0.153. The molecular weight excluding hydrogens is 88.1 g/mol. The van der Waals surface area contributed by atoms with Crippen LogP contribution in [0.25, 0.3) is 0 Å². The van der Waals surface area contributed by atoms with Crippen molar-refractivity contribution < 1.29 is 0 Å². The minimum atomic E-state index is -0.153. The van der Waals surface area contributed by atoms with Gasteiger partial charge in [0.05, 0.1) is 0 Å². The molecule has 0 atom stereocenters. The van der Waals surface area contributed by atoms with E-state index in [9.17, 15) is 0 Å². The molecule has 0 saturated heterocycles. The van der Waals surface area contributed by atoms with Crippen molar-refractivity contribution in [3.8, 4) is 0 Å². The zero-order valence-electron chi connectivity index (χ0n) is 5.15. The molecule has 0 saturated carbocycles. The van der Waals surface area contributed by atoms with Crippen molar-refractivity contribution >= 4 is 6.72 Å². The van der Waals surface area contributed by atoms with E-state index in [1.165, 1.54) is 0 Å². The van der Waals surface area contributed by atoms with Crippen LogP contribution in [-0.4, -0.2) is 19.4 Å². The fourth-order valence-electron chi connectivity index (χ4n) is 0.0791. The van der Waals surface area contributed by atoms with Gasteiger partial charge in [-0.2, -0.15) is 0 Å². The summed E-state index contributed by atoms with van der Waals surface area (Å²) in [4.78, 5) is 3.78. The molecule has 2 nitrogen and oxygen atoms in total. The second kappa shape index (κ2) is 2.07. The van der Waals surface area contributed by atoms with Crippen LogP contribution in [0.2, 0.25) is 0 Å². The Kier molecular flexibility index (Phi) is 1.96. The van der Waals surface area contributed by atoms with Crippen LogP contribution in [0.1, 0.15) is 13.8 Å². The van der Waals surface area contributed by atoms with E-state index < -0.39 is 0 Å². The molecular formula is C5H12N2. The first-order valence-electron chi connectivity index (χ1n) is 2.29. The van der Waals surface area contributed by atoms with Crippen LogP contribution in [0.3, 0.4) is 0 Å². The second-order valence-corrected chi connectivity index (χ2v) is 1.97. The SMILES string of the molecule is C=NC(C)(C)NC. The molecule has 0 bridgehead atoms. The Morgan fingerprint density at radius 2 is 2.00 bits per heavy atom. The van der Waals surface area contributed by atoms with Gasteiger partial charge in [-0.1, -0.05) is 0 Å². The predicted molar refractivity (Wildman–Crippen MR) is 32.7 cm³/mol. The van der Waals surface area contributed by atoms with E-state index in [2.05, 4.69) is 17.0 Å². The van der Waals surface area contributed by atoms with Gasteiger partial charge < -0.3 is 0 Å². The van der Waals surface area contributed by atoms with E-state index in [-0.39, 0.29) is 5.66 Å². The van der Waals surface area contributed by atoms with Gasteiger partial charge in [-0.05, 0) is 27.6 Å². The molecule has 0 rings (SSSR count). The average Bonchev–Trinajstić information content (AvgIpc) is 1.68. The zero-order valence-corrected chi connectivity index (χ0v) is 5.15. The van der Waals surface area contributed by atoms with Gasteiger partial charge in [-0.25, -0.2) is 0 Å². The molecule has 0 aromatic heterocycles. The lowest BCUT2D eigenvalue weighted by Gasteiger charge is -2.16. The van der Waals surface area contributed by atoms with Gasteiger partial charge >= 0.3 is 0 Å². The number of aliphatic imine (C=N–C) groups is 1. The van der Waals surface area contributed by atoms with Crippen LogP contribution < -0.4 is 5.32 Å². The highest BCUT2D eigenvalue weighted by atomic mass is 15.1. The highest BCUT2D eigenvalue weighted by Crippen LogP contribution is 1.98. The van der Waals surface area contributed by atoms with Crippen LogP contribution in [0.5, 0.6) is 0 Å². The summed E-state index contributed by atoms with van der Waals surface area (Å²) in [5.74, 6) is 0. The quantitative estimate of drug-likeness (QED) is 0.506. The summed E-state index contributed by atoms with van der Waals surface area (Å²) in [6.45, 7) is 7.31. The molecule has 1 N–H and O–H groups in total. The van der Waals surface area contributed by atoms with E-state index in [0.717, 1.165) is 0 Å². The van der Waals surface area contributed by atoms with Gasteiger partial charge in [0, 0.05) is 0 Å². The Hall–Kier alpha value is -0.370. The Balaban J connectivity index is 3.58. The topological polar surface area (TPSA) is 24.4 Å². The summed E-state index contributed by atoms with van der Waals surface area (Å²) >= 11 is 0. The van der Waals surface area contributed by atoms with Crippen molar-refractivity contribution in [2.45, 2.75) is 19.5 Å². The van der Waals surface area contributed by atoms with Crippen molar-refractivity contribution in [1.29, 1.82) is 0 Å². The molecule has 0 amide bonds. The first-order chi connectivity index (χ1) is 3.12. The molecule has 0 aliphatic heterocycles. The van der Waals surface area contributed by atoms with Crippen LogP contribution in [-0.2, 0) is 0 Å². The minimum Gasteiger partial charge on any atom is -0.297 e. The summed E-state index contributed by atoms with van der Waals surface area (Å²) in [6.07, 6.45) is 0. The van der Waals surface area contributed by atoms with E-state index in [1.54, 1.807) is 0 Å². The maximum atomic E-state index is 3.78. The van der Waals surface area contributed by atoms with Gasteiger partial charge in [0.15, 0.2) is 0 Å². The van der Waals surface area contributed by atoms with Crippen molar-refractivity contribution in [3.63, 3.8) is 0 Å². The van der Waals surface area contributed by atoms with Crippen molar-refractivity contribution in [1.82, 2.24) is 5.32 Å². The Labute approximate surface area is 44.6 Å². The molecule has 42 valence electrons. The highest BCUT2D eigenvalue weighted by Gasteiger charge is 2.07. The number of nitrogens with one attached hydrogen (secondary N) is 1. The molecule has 2 heteroatoms. The molecule has 0 aromatic carbocycles. The Morgan fingerprint density at radius 1 is 1.57 bits per heavy atom. The number of hydrogen-bond donors (Lipinski definition) is 1. The predicted octanol–water partition coefficient (Wildman–Crippen LogP) is 0.643. The average molecular weight is 100 g/mol. The molecule has 0 unspecified atom stereocenters. The molecule has 0 aliphatic carbocycles. The molecule has 0 radical (unpaired) electrons. The Bertz CT molecular complexity index is 66.5. The standard InChI is InChI=1S/C5H12N2/c1-5(2,6-3)7-4/h7H,3H2,1-2,4H3. The number of rotatable bonds is 2. The maximum Gasteiger partial charge on any atom is 0.104 e. The number of nitrogens with zero attached hydrogens (tertiary/aromatic N) is 1. The van der Waals surface area contributed by atoms with Crippen molar-refractivity contribution in [2.24, 2.45) is 4.99 Å².